The van der Waals surface area contributed by atoms with Gasteiger partial charge in [-0.1, -0.05) is 12.1 Å². The summed E-state index contributed by atoms with van der Waals surface area (Å²) in [7, 11) is -4.13. The van der Waals surface area contributed by atoms with E-state index >= 15 is 0 Å². The Bertz CT molecular complexity index is 892. The van der Waals surface area contributed by atoms with Crippen molar-refractivity contribution in [2.45, 2.75) is 18.7 Å². The number of nitrogens with zero attached hydrogens (tertiary/aromatic N) is 1. The Kier molecular flexibility index (Phi) is 4.84. The van der Waals surface area contributed by atoms with Crippen molar-refractivity contribution in [1.29, 1.82) is 0 Å². The number of benzene rings is 2. The molecule has 0 unspecified atom stereocenters. The smallest absolute Gasteiger partial charge is 0.290 e. The summed E-state index contributed by atoms with van der Waals surface area (Å²) in [5.74, 6) is -0.251. The molecule has 0 radical (unpaired) electrons. The summed E-state index contributed by atoms with van der Waals surface area (Å²) in [6, 6.07) is 9.99. The second-order valence-electron chi connectivity index (χ2n) is 5.04. The van der Waals surface area contributed by atoms with Gasteiger partial charge in [0.1, 0.15) is 0 Å². The normalized spacial score (nSPS) is 10.9. The van der Waals surface area contributed by atoms with Crippen molar-refractivity contribution in [2.24, 2.45) is 0 Å². The summed E-state index contributed by atoms with van der Waals surface area (Å²) in [6.07, 6.45) is 0. The molecule has 2 rings (SSSR count). The van der Waals surface area contributed by atoms with Crippen LogP contribution in [-0.4, -0.2) is 19.2 Å². The van der Waals surface area contributed by atoms with Crippen molar-refractivity contribution < 1.29 is 18.1 Å². The van der Waals surface area contributed by atoms with Crippen LogP contribution in [0.4, 0.5) is 17.1 Å². The molecular formula is C15H15N3O5S. The van der Waals surface area contributed by atoms with Crippen LogP contribution in [-0.2, 0) is 14.8 Å². The van der Waals surface area contributed by atoms with E-state index in [0.717, 1.165) is 6.07 Å². The Morgan fingerprint density at radius 1 is 1.08 bits per heavy atom. The number of amides is 1. The van der Waals surface area contributed by atoms with Gasteiger partial charge in [0.2, 0.25) is 5.91 Å². The van der Waals surface area contributed by atoms with Gasteiger partial charge in [0.15, 0.2) is 4.90 Å². The monoisotopic (exact) mass is 349 g/mol. The van der Waals surface area contributed by atoms with Crippen LogP contribution in [0.2, 0.25) is 0 Å². The van der Waals surface area contributed by atoms with Crippen molar-refractivity contribution in [1.82, 2.24) is 0 Å². The minimum atomic E-state index is -4.13. The Morgan fingerprint density at radius 3 is 2.21 bits per heavy atom. The average molecular weight is 349 g/mol. The first-order valence-corrected chi connectivity index (χ1v) is 8.33. The summed E-state index contributed by atoms with van der Waals surface area (Å²) in [5, 5.41) is 13.6. The highest BCUT2D eigenvalue weighted by Crippen LogP contribution is 2.29. The highest BCUT2D eigenvalue weighted by Gasteiger charge is 2.27. The molecule has 0 bridgehead atoms. The summed E-state index contributed by atoms with van der Waals surface area (Å²) in [4.78, 5) is 20.9. The van der Waals surface area contributed by atoms with E-state index in [0.29, 0.717) is 5.69 Å². The number of rotatable bonds is 5. The maximum Gasteiger partial charge on any atom is 0.290 e. The van der Waals surface area contributed by atoms with Crippen LogP contribution in [0.3, 0.4) is 0 Å². The lowest BCUT2D eigenvalue weighted by molar-refractivity contribution is -0.387. The summed E-state index contributed by atoms with van der Waals surface area (Å²) < 4.78 is 27.4. The zero-order valence-electron chi connectivity index (χ0n) is 12.9. The van der Waals surface area contributed by atoms with Crippen molar-refractivity contribution in [3.8, 4) is 0 Å². The van der Waals surface area contributed by atoms with Gasteiger partial charge in [0.25, 0.3) is 15.7 Å². The molecule has 0 fully saturated rings. The van der Waals surface area contributed by atoms with E-state index in [9.17, 15) is 23.3 Å². The van der Waals surface area contributed by atoms with Crippen molar-refractivity contribution in [3.63, 3.8) is 0 Å². The molecule has 0 spiro atoms. The van der Waals surface area contributed by atoms with Crippen LogP contribution in [0.1, 0.15) is 12.5 Å². The Morgan fingerprint density at radius 2 is 1.67 bits per heavy atom. The first-order valence-electron chi connectivity index (χ1n) is 6.85. The maximum atomic E-state index is 12.5. The molecule has 0 heterocycles. The van der Waals surface area contributed by atoms with Crippen LogP contribution in [0, 0.1) is 17.0 Å². The molecule has 126 valence electrons. The van der Waals surface area contributed by atoms with Gasteiger partial charge in [0.05, 0.1) is 4.92 Å². The number of nitro groups is 1. The van der Waals surface area contributed by atoms with Gasteiger partial charge in [-0.3, -0.25) is 19.6 Å². The summed E-state index contributed by atoms with van der Waals surface area (Å²) in [5.41, 5.74) is 0.512. The zero-order valence-corrected chi connectivity index (χ0v) is 13.8. The van der Waals surface area contributed by atoms with Gasteiger partial charge in [-0.15, -0.1) is 0 Å². The summed E-state index contributed by atoms with van der Waals surface area (Å²) >= 11 is 0. The SMILES string of the molecule is CC(=O)Nc1ccc(NS(=O)(=O)c2c(C)cccc2[N+](=O)[O-])cc1. The molecule has 0 aliphatic rings. The fourth-order valence-electron chi connectivity index (χ4n) is 2.16. The fraction of sp³-hybridized carbons (Fsp3) is 0.133. The quantitative estimate of drug-likeness (QED) is 0.635. The lowest BCUT2D eigenvalue weighted by Crippen LogP contribution is -2.16. The number of nitro benzene ring substituents is 1. The molecule has 2 aromatic carbocycles. The van der Waals surface area contributed by atoms with Crippen molar-refractivity contribution in [3.05, 3.63) is 58.1 Å². The predicted molar refractivity (Wildman–Crippen MR) is 89.4 cm³/mol. The number of aryl methyl sites for hydroxylation is 1. The van der Waals surface area contributed by atoms with Gasteiger partial charge in [-0.25, -0.2) is 8.42 Å². The van der Waals surface area contributed by atoms with E-state index < -0.39 is 20.6 Å². The second-order valence-corrected chi connectivity index (χ2v) is 6.66. The molecule has 9 heteroatoms. The number of carbonyl (C=O) groups excluding carboxylic acids is 1. The Balaban J connectivity index is 2.36. The van der Waals surface area contributed by atoms with Crippen LogP contribution >= 0.6 is 0 Å². The number of anilines is 2. The molecular weight excluding hydrogens is 334 g/mol. The van der Waals surface area contributed by atoms with Crippen molar-refractivity contribution >= 4 is 33.0 Å². The third-order valence-corrected chi connectivity index (χ3v) is 4.69. The highest BCUT2D eigenvalue weighted by molar-refractivity contribution is 7.93. The van der Waals surface area contributed by atoms with Gasteiger partial charge >= 0.3 is 0 Å². The molecule has 24 heavy (non-hydrogen) atoms. The van der Waals surface area contributed by atoms with Crippen LogP contribution in [0.25, 0.3) is 0 Å². The third-order valence-electron chi connectivity index (χ3n) is 3.11. The van der Waals surface area contributed by atoms with Crippen LogP contribution in [0.15, 0.2) is 47.4 Å². The van der Waals surface area contributed by atoms with Crippen molar-refractivity contribution in [2.75, 3.05) is 10.0 Å². The van der Waals surface area contributed by atoms with E-state index in [4.69, 9.17) is 0 Å². The second kappa shape index (κ2) is 6.67. The van der Waals surface area contributed by atoms with E-state index in [2.05, 4.69) is 10.0 Å². The van der Waals surface area contributed by atoms with Crippen LogP contribution < -0.4 is 10.0 Å². The highest BCUT2D eigenvalue weighted by atomic mass is 32.2. The molecule has 8 nitrogen and oxygen atoms in total. The number of hydrogen-bond donors (Lipinski definition) is 2. The molecule has 0 saturated heterocycles. The van der Waals surface area contributed by atoms with Gasteiger partial charge in [-0.2, -0.15) is 0 Å². The van der Waals surface area contributed by atoms with Gasteiger partial charge < -0.3 is 5.32 Å². The van der Waals surface area contributed by atoms with E-state index in [-0.39, 0.29) is 22.1 Å². The maximum absolute atomic E-state index is 12.5. The molecule has 0 aliphatic carbocycles. The minimum Gasteiger partial charge on any atom is -0.326 e. The number of nitrogens with one attached hydrogen (secondary N) is 2. The van der Waals surface area contributed by atoms with Crippen LogP contribution in [0.5, 0.6) is 0 Å². The largest absolute Gasteiger partial charge is 0.326 e. The van der Waals surface area contributed by atoms with Gasteiger partial charge in [-0.05, 0) is 36.8 Å². The van der Waals surface area contributed by atoms with Gasteiger partial charge in [0, 0.05) is 24.4 Å². The first-order chi connectivity index (χ1) is 11.2. The van der Waals surface area contributed by atoms with E-state index in [1.807, 2.05) is 0 Å². The number of carbonyl (C=O) groups is 1. The molecule has 0 atom stereocenters. The van der Waals surface area contributed by atoms with E-state index in [1.54, 1.807) is 0 Å². The summed E-state index contributed by atoms with van der Waals surface area (Å²) in [6.45, 7) is 2.84. The first kappa shape index (κ1) is 17.4. The molecule has 0 aliphatic heterocycles. The third kappa shape index (κ3) is 3.87. The Labute approximate surface area is 138 Å². The fourth-order valence-corrected chi connectivity index (χ4v) is 3.62. The zero-order chi connectivity index (χ0) is 17.9. The molecule has 0 saturated carbocycles. The molecule has 2 N–H and O–H groups in total. The minimum absolute atomic E-state index is 0.224. The predicted octanol–water partition coefficient (Wildman–Crippen LogP) is 2.66. The topological polar surface area (TPSA) is 118 Å². The molecule has 1 amide bonds. The average Bonchev–Trinajstić information content (AvgIpc) is 2.48. The van der Waals surface area contributed by atoms with E-state index in [1.165, 1.54) is 50.2 Å². The number of sulfonamides is 1. The lowest BCUT2D eigenvalue weighted by Gasteiger charge is -2.11. The molecule has 2 aromatic rings. The lowest BCUT2D eigenvalue weighted by atomic mass is 10.2. The molecule has 0 aromatic heterocycles. The Hall–Kier alpha value is -2.94. The standard InChI is InChI=1S/C15H15N3O5S/c1-10-4-3-5-14(18(20)21)15(10)24(22,23)17-13-8-6-12(7-9-13)16-11(2)19/h3-9,17H,1-2H3,(H,16,19). The number of hydrogen-bond acceptors (Lipinski definition) is 5.